The Morgan fingerprint density at radius 3 is 2.20 bits per heavy atom. The Balaban J connectivity index is 2.68. The third-order valence-corrected chi connectivity index (χ3v) is 2.29. The van der Waals surface area contributed by atoms with Crippen LogP contribution in [0, 0.1) is 0 Å². The van der Waals surface area contributed by atoms with Crippen LogP contribution in [-0.4, -0.2) is 17.8 Å². The molecule has 2 nitrogen and oxygen atoms in total. The number of ether oxygens (including phenoxy) is 1. The van der Waals surface area contributed by atoms with Gasteiger partial charge in [0.15, 0.2) is 0 Å². The lowest BCUT2D eigenvalue weighted by molar-refractivity contribution is 0.00494. The molecule has 0 saturated carbocycles. The Labute approximate surface area is 99.8 Å². The third kappa shape index (κ3) is 4.39. The number of rotatable bonds is 4. The maximum absolute atomic E-state index is 9.78. The molecule has 0 aliphatic heterocycles. The van der Waals surface area contributed by atoms with Crippen molar-refractivity contribution in [3.05, 3.63) is 33.8 Å². The molecule has 0 aliphatic rings. The fourth-order valence-electron chi connectivity index (χ4n) is 1.15. The van der Waals surface area contributed by atoms with Gasteiger partial charge in [-0.15, -0.1) is 0 Å². The number of hydrogen-bond acceptors (Lipinski definition) is 2. The van der Waals surface area contributed by atoms with Gasteiger partial charge in [-0.2, -0.15) is 0 Å². The van der Waals surface area contributed by atoms with Crippen LogP contribution in [0.4, 0.5) is 0 Å². The van der Waals surface area contributed by atoms with E-state index >= 15 is 0 Å². The van der Waals surface area contributed by atoms with Gasteiger partial charge < -0.3 is 9.84 Å². The van der Waals surface area contributed by atoms with Crippen molar-refractivity contribution in [3.8, 4) is 0 Å². The van der Waals surface area contributed by atoms with Gasteiger partial charge in [0, 0.05) is 10.0 Å². The standard InChI is InChI=1S/C11H14Cl2O2/c1-7(2)15-6-11(14)8-3-9(12)5-10(13)4-8/h3-5,7,11,14H,6H2,1-2H3. The molecule has 0 saturated heterocycles. The fourth-order valence-corrected chi connectivity index (χ4v) is 1.69. The number of hydrogen-bond donors (Lipinski definition) is 1. The number of halogens is 2. The summed E-state index contributed by atoms with van der Waals surface area (Å²) < 4.78 is 5.30. The van der Waals surface area contributed by atoms with Gasteiger partial charge >= 0.3 is 0 Å². The first-order valence-corrected chi connectivity index (χ1v) is 5.50. The number of aliphatic hydroxyl groups excluding tert-OH is 1. The van der Waals surface area contributed by atoms with Crippen molar-refractivity contribution >= 4 is 23.2 Å². The number of benzene rings is 1. The molecule has 1 N–H and O–H groups in total. The van der Waals surface area contributed by atoms with Crippen molar-refractivity contribution in [1.29, 1.82) is 0 Å². The van der Waals surface area contributed by atoms with E-state index in [1.165, 1.54) is 0 Å². The minimum Gasteiger partial charge on any atom is -0.386 e. The molecule has 0 amide bonds. The molecule has 1 atom stereocenters. The predicted molar refractivity (Wildman–Crippen MR) is 62.5 cm³/mol. The summed E-state index contributed by atoms with van der Waals surface area (Å²) in [5, 5.41) is 10.8. The molecule has 0 aromatic heterocycles. The topological polar surface area (TPSA) is 29.5 Å². The summed E-state index contributed by atoms with van der Waals surface area (Å²) in [7, 11) is 0. The van der Waals surface area contributed by atoms with E-state index in [2.05, 4.69) is 0 Å². The largest absolute Gasteiger partial charge is 0.386 e. The van der Waals surface area contributed by atoms with Gasteiger partial charge in [-0.05, 0) is 37.6 Å². The second-order valence-corrected chi connectivity index (χ2v) is 4.47. The highest BCUT2D eigenvalue weighted by Gasteiger charge is 2.10. The SMILES string of the molecule is CC(C)OCC(O)c1cc(Cl)cc(Cl)c1. The normalized spacial score (nSPS) is 13.2. The second-order valence-electron chi connectivity index (χ2n) is 3.60. The minimum atomic E-state index is -0.691. The Kier molecular flexibility index (Phi) is 4.87. The minimum absolute atomic E-state index is 0.0920. The predicted octanol–water partition coefficient (Wildman–Crippen LogP) is 3.45. The van der Waals surface area contributed by atoms with Gasteiger partial charge in [0.05, 0.1) is 12.7 Å². The van der Waals surface area contributed by atoms with Crippen molar-refractivity contribution in [2.24, 2.45) is 0 Å². The summed E-state index contributed by atoms with van der Waals surface area (Å²) in [6, 6.07) is 4.99. The molecule has 1 aromatic rings. The summed E-state index contributed by atoms with van der Waals surface area (Å²) in [5.74, 6) is 0. The molecule has 0 aliphatic carbocycles. The van der Waals surface area contributed by atoms with Gasteiger partial charge in [-0.25, -0.2) is 0 Å². The van der Waals surface area contributed by atoms with Gasteiger partial charge in [0.1, 0.15) is 6.10 Å². The van der Waals surface area contributed by atoms with Crippen molar-refractivity contribution in [3.63, 3.8) is 0 Å². The van der Waals surface area contributed by atoms with Gasteiger partial charge in [-0.3, -0.25) is 0 Å². The highest BCUT2D eigenvalue weighted by molar-refractivity contribution is 6.34. The third-order valence-electron chi connectivity index (χ3n) is 1.86. The molecule has 0 fully saturated rings. The van der Waals surface area contributed by atoms with Gasteiger partial charge in [0.2, 0.25) is 0 Å². The van der Waals surface area contributed by atoms with Crippen molar-refractivity contribution in [2.45, 2.75) is 26.1 Å². The van der Waals surface area contributed by atoms with Crippen molar-refractivity contribution in [1.82, 2.24) is 0 Å². The molecule has 0 heterocycles. The van der Waals surface area contributed by atoms with Crippen LogP contribution in [0.1, 0.15) is 25.5 Å². The first-order chi connectivity index (χ1) is 6.99. The van der Waals surface area contributed by atoms with E-state index in [9.17, 15) is 5.11 Å². The van der Waals surface area contributed by atoms with Crippen molar-refractivity contribution < 1.29 is 9.84 Å². The van der Waals surface area contributed by atoms with E-state index in [1.54, 1.807) is 18.2 Å². The maximum Gasteiger partial charge on any atom is 0.102 e. The summed E-state index contributed by atoms with van der Waals surface area (Å²) >= 11 is 11.6. The van der Waals surface area contributed by atoms with Crippen LogP contribution in [0.2, 0.25) is 10.0 Å². The summed E-state index contributed by atoms with van der Waals surface area (Å²) in [6.45, 7) is 4.07. The zero-order valence-electron chi connectivity index (χ0n) is 8.71. The maximum atomic E-state index is 9.78. The molecular formula is C11H14Cl2O2. The van der Waals surface area contributed by atoms with Crippen molar-refractivity contribution in [2.75, 3.05) is 6.61 Å². The second kappa shape index (κ2) is 5.71. The monoisotopic (exact) mass is 248 g/mol. The van der Waals surface area contributed by atoms with Gasteiger partial charge in [0.25, 0.3) is 0 Å². The quantitative estimate of drug-likeness (QED) is 0.885. The molecule has 0 radical (unpaired) electrons. The van der Waals surface area contributed by atoms with Gasteiger partial charge in [-0.1, -0.05) is 23.2 Å². The summed E-state index contributed by atoms with van der Waals surface area (Å²) in [6.07, 6.45) is -0.599. The molecule has 0 bridgehead atoms. The van der Waals surface area contributed by atoms with Crippen LogP contribution in [0.25, 0.3) is 0 Å². The first-order valence-electron chi connectivity index (χ1n) is 4.74. The highest BCUT2D eigenvalue weighted by atomic mass is 35.5. The Hall–Kier alpha value is -0.280. The number of aliphatic hydroxyl groups is 1. The lowest BCUT2D eigenvalue weighted by atomic mass is 10.1. The molecule has 0 spiro atoms. The van der Waals surface area contributed by atoms with Crippen LogP contribution in [0.15, 0.2) is 18.2 Å². The average molecular weight is 249 g/mol. The summed E-state index contributed by atoms with van der Waals surface area (Å²) in [4.78, 5) is 0. The molecule has 4 heteroatoms. The lowest BCUT2D eigenvalue weighted by Gasteiger charge is -2.14. The van der Waals surface area contributed by atoms with E-state index in [1.807, 2.05) is 13.8 Å². The molecule has 1 unspecified atom stereocenters. The molecule has 15 heavy (non-hydrogen) atoms. The smallest absolute Gasteiger partial charge is 0.102 e. The van der Waals surface area contributed by atoms with E-state index in [4.69, 9.17) is 27.9 Å². The zero-order chi connectivity index (χ0) is 11.4. The van der Waals surface area contributed by atoms with E-state index in [0.717, 1.165) is 0 Å². The molecular weight excluding hydrogens is 235 g/mol. The lowest BCUT2D eigenvalue weighted by Crippen LogP contribution is -2.11. The zero-order valence-corrected chi connectivity index (χ0v) is 10.2. The Morgan fingerprint density at radius 1 is 1.20 bits per heavy atom. The van der Waals surface area contributed by atoms with Crippen LogP contribution in [0.3, 0.4) is 0 Å². The Bertz CT molecular complexity index is 306. The average Bonchev–Trinajstić information content (AvgIpc) is 2.12. The molecule has 1 rings (SSSR count). The van der Waals surface area contributed by atoms with Crippen LogP contribution >= 0.6 is 23.2 Å². The Morgan fingerprint density at radius 2 is 1.73 bits per heavy atom. The van der Waals surface area contributed by atoms with E-state index in [0.29, 0.717) is 15.6 Å². The van der Waals surface area contributed by atoms with E-state index in [-0.39, 0.29) is 12.7 Å². The fraction of sp³-hybridized carbons (Fsp3) is 0.455. The molecule has 84 valence electrons. The van der Waals surface area contributed by atoms with Crippen LogP contribution < -0.4 is 0 Å². The summed E-state index contributed by atoms with van der Waals surface area (Å²) in [5.41, 5.74) is 0.674. The molecule has 1 aromatic carbocycles. The van der Waals surface area contributed by atoms with Crippen LogP contribution in [0.5, 0.6) is 0 Å². The van der Waals surface area contributed by atoms with Crippen LogP contribution in [-0.2, 0) is 4.74 Å². The van der Waals surface area contributed by atoms with E-state index < -0.39 is 6.10 Å². The highest BCUT2D eigenvalue weighted by Crippen LogP contribution is 2.23. The first kappa shape index (κ1) is 12.8.